The number of nitrogens with zero attached hydrogens (tertiary/aromatic N) is 2. The molecule has 5 heteroatoms. The summed E-state index contributed by atoms with van der Waals surface area (Å²) in [6.07, 6.45) is 0.202. The van der Waals surface area contributed by atoms with Gasteiger partial charge in [-0.3, -0.25) is 9.59 Å². The number of hydrogen-bond donors (Lipinski definition) is 0. The molecule has 0 saturated carbocycles. The number of likely N-dealkylation sites (N-methyl/N-ethyl adjacent to an activating group) is 2. The topological polar surface area (TPSA) is 49.9 Å². The van der Waals surface area contributed by atoms with Gasteiger partial charge in [-0.1, -0.05) is 18.2 Å². The second-order valence-corrected chi connectivity index (χ2v) is 4.96. The second kappa shape index (κ2) is 4.91. The number of carbonyl (C=O) groups excluding carboxylic acids is 2. The predicted molar refractivity (Wildman–Crippen MR) is 70.7 cm³/mol. The summed E-state index contributed by atoms with van der Waals surface area (Å²) in [6.45, 7) is 0.177. The zero-order chi connectivity index (χ0) is 14.0. The van der Waals surface area contributed by atoms with Crippen LogP contribution >= 0.6 is 0 Å². The van der Waals surface area contributed by atoms with Crippen molar-refractivity contribution >= 4 is 11.8 Å². The zero-order valence-electron chi connectivity index (χ0n) is 11.4. The zero-order valence-corrected chi connectivity index (χ0v) is 11.4. The van der Waals surface area contributed by atoms with Crippen LogP contribution in [0.5, 0.6) is 5.75 Å². The molecule has 1 aliphatic heterocycles. The Kier molecular flexibility index (Phi) is 3.46. The van der Waals surface area contributed by atoms with E-state index in [0.717, 1.165) is 0 Å². The van der Waals surface area contributed by atoms with E-state index in [0.29, 0.717) is 5.75 Å². The minimum atomic E-state index is -0.865. The van der Waals surface area contributed by atoms with E-state index in [1.165, 1.54) is 9.80 Å². The number of para-hydroxylation sites is 1. The lowest BCUT2D eigenvalue weighted by Crippen LogP contribution is -2.71. The van der Waals surface area contributed by atoms with Crippen LogP contribution in [0.2, 0.25) is 0 Å². The highest BCUT2D eigenvalue weighted by Crippen LogP contribution is 2.32. The normalized spacial score (nSPS) is 21.8. The van der Waals surface area contributed by atoms with Crippen molar-refractivity contribution in [3.63, 3.8) is 0 Å². The molecule has 19 heavy (non-hydrogen) atoms. The molecule has 1 atom stereocenters. The predicted octanol–water partition coefficient (Wildman–Crippen LogP) is 0.754. The van der Waals surface area contributed by atoms with E-state index in [2.05, 4.69) is 0 Å². The Bertz CT molecular complexity index is 487. The van der Waals surface area contributed by atoms with Crippen molar-refractivity contribution in [1.29, 1.82) is 0 Å². The lowest BCUT2D eigenvalue weighted by atomic mass is 9.84. The summed E-state index contributed by atoms with van der Waals surface area (Å²) < 4.78 is 5.66. The van der Waals surface area contributed by atoms with Crippen molar-refractivity contribution in [1.82, 2.24) is 9.80 Å². The van der Waals surface area contributed by atoms with Crippen LogP contribution in [-0.2, 0) is 9.59 Å². The van der Waals surface area contributed by atoms with E-state index in [4.69, 9.17) is 4.74 Å². The van der Waals surface area contributed by atoms with Crippen LogP contribution in [0.3, 0.4) is 0 Å². The third kappa shape index (κ3) is 2.28. The third-order valence-electron chi connectivity index (χ3n) is 3.48. The van der Waals surface area contributed by atoms with Gasteiger partial charge in [0.25, 0.3) is 5.91 Å². The SMILES string of the molecule is CN(C)C(=O)[C@]1(COc2ccccc2)CC(=O)N1C. The lowest BCUT2D eigenvalue weighted by Gasteiger charge is -2.48. The molecule has 0 radical (unpaired) electrons. The van der Waals surface area contributed by atoms with Gasteiger partial charge in [0.15, 0.2) is 5.54 Å². The van der Waals surface area contributed by atoms with Crippen molar-refractivity contribution in [2.24, 2.45) is 0 Å². The Morgan fingerprint density at radius 2 is 2.00 bits per heavy atom. The van der Waals surface area contributed by atoms with E-state index >= 15 is 0 Å². The van der Waals surface area contributed by atoms with Crippen LogP contribution in [0.4, 0.5) is 0 Å². The fourth-order valence-electron chi connectivity index (χ4n) is 2.20. The largest absolute Gasteiger partial charge is 0.491 e. The summed E-state index contributed by atoms with van der Waals surface area (Å²) in [5, 5.41) is 0. The van der Waals surface area contributed by atoms with Crippen LogP contribution in [0.1, 0.15) is 6.42 Å². The lowest BCUT2D eigenvalue weighted by molar-refractivity contribution is -0.170. The highest BCUT2D eigenvalue weighted by Gasteiger charge is 2.56. The number of amides is 2. The van der Waals surface area contributed by atoms with Gasteiger partial charge in [0, 0.05) is 21.1 Å². The molecule has 0 bridgehead atoms. The maximum Gasteiger partial charge on any atom is 0.252 e. The summed E-state index contributed by atoms with van der Waals surface area (Å²) >= 11 is 0. The van der Waals surface area contributed by atoms with Gasteiger partial charge in [0.1, 0.15) is 12.4 Å². The van der Waals surface area contributed by atoms with Gasteiger partial charge in [0.05, 0.1) is 6.42 Å². The fraction of sp³-hybridized carbons (Fsp3) is 0.429. The van der Waals surface area contributed by atoms with Gasteiger partial charge in [-0.25, -0.2) is 0 Å². The molecule has 2 rings (SSSR count). The number of rotatable bonds is 4. The summed E-state index contributed by atoms with van der Waals surface area (Å²) in [5.74, 6) is 0.554. The van der Waals surface area contributed by atoms with Gasteiger partial charge >= 0.3 is 0 Å². The summed E-state index contributed by atoms with van der Waals surface area (Å²) in [5.41, 5.74) is -0.865. The highest BCUT2D eigenvalue weighted by atomic mass is 16.5. The first-order chi connectivity index (χ1) is 8.97. The maximum atomic E-state index is 12.3. The molecule has 1 aromatic rings. The molecule has 0 aromatic heterocycles. The van der Waals surface area contributed by atoms with Crippen LogP contribution in [0.25, 0.3) is 0 Å². The molecular formula is C14H18N2O3. The Balaban J connectivity index is 2.12. The molecule has 102 valence electrons. The molecule has 5 nitrogen and oxygen atoms in total. The number of carbonyl (C=O) groups is 2. The molecule has 2 amide bonds. The fourth-order valence-corrected chi connectivity index (χ4v) is 2.20. The smallest absolute Gasteiger partial charge is 0.252 e. The van der Waals surface area contributed by atoms with Crippen LogP contribution in [-0.4, -0.2) is 54.9 Å². The Morgan fingerprint density at radius 3 is 2.47 bits per heavy atom. The molecule has 1 aliphatic rings. The highest BCUT2D eigenvalue weighted by molar-refractivity contribution is 6.01. The van der Waals surface area contributed by atoms with Crippen LogP contribution < -0.4 is 4.74 Å². The van der Waals surface area contributed by atoms with Crippen LogP contribution in [0, 0.1) is 0 Å². The monoisotopic (exact) mass is 262 g/mol. The molecule has 1 fully saturated rings. The maximum absolute atomic E-state index is 12.3. The van der Waals surface area contributed by atoms with Gasteiger partial charge in [-0.15, -0.1) is 0 Å². The first kappa shape index (κ1) is 13.4. The third-order valence-corrected chi connectivity index (χ3v) is 3.48. The minimum Gasteiger partial charge on any atom is -0.491 e. The number of hydrogen-bond acceptors (Lipinski definition) is 3. The summed E-state index contributed by atoms with van der Waals surface area (Å²) in [6, 6.07) is 9.28. The van der Waals surface area contributed by atoms with E-state index in [1.54, 1.807) is 21.1 Å². The quantitative estimate of drug-likeness (QED) is 0.753. The van der Waals surface area contributed by atoms with E-state index < -0.39 is 5.54 Å². The molecule has 1 saturated heterocycles. The summed E-state index contributed by atoms with van der Waals surface area (Å²) in [4.78, 5) is 26.7. The number of benzene rings is 1. The average molecular weight is 262 g/mol. The average Bonchev–Trinajstić information content (AvgIpc) is 2.43. The standard InChI is InChI=1S/C14H18N2O3/c1-15(2)13(18)14(9-12(17)16(14)3)10-19-11-7-5-4-6-8-11/h4-8H,9-10H2,1-3H3/t14-/m1/s1. The Labute approximate surface area is 112 Å². The molecular weight excluding hydrogens is 244 g/mol. The molecule has 0 unspecified atom stereocenters. The van der Waals surface area contributed by atoms with Crippen LogP contribution in [0.15, 0.2) is 30.3 Å². The molecule has 0 spiro atoms. The van der Waals surface area contributed by atoms with Crippen molar-refractivity contribution in [3.05, 3.63) is 30.3 Å². The minimum absolute atomic E-state index is 0.0353. The first-order valence-electron chi connectivity index (χ1n) is 6.13. The number of ether oxygens (including phenoxy) is 1. The van der Waals surface area contributed by atoms with Gasteiger partial charge < -0.3 is 14.5 Å². The van der Waals surface area contributed by atoms with E-state index in [-0.39, 0.29) is 24.8 Å². The Hall–Kier alpha value is -2.04. The number of likely N-dealkylation sites (tertiary alicyclic amines) is 1. The van der Waals surface area contributed by atoms with E-state index in [9.17, 15) is 9.59 Å². The van der Waals surface area contributed by atoms with Crippen molar-refractivity contribution in [3.8, 4) is 5.75 Å². The summed E-state index contributed by atoms with van der Waals surface area (Å²) in [7, 11) is 5.01. The van der Waals surface area contributed by atoms with Gasteiger partial charge in [-0.05, 0) is 12.1 Å². The van der Waals surface area contributed by atoms with Crippen molar-refractivity contribution in [2.75, 3.05) is 27.7 Å². The van der Waals surface area contributed by atoms with Crippen molar-refractivity contribution < 1.29 is 14.3 Å². The number of β-lactam (4-membered cyclic amide) rings is 1. The first-order valence-corrected chi connectivity index (χ1v) is 6.13. The van der Waals surface area contributed by atoms with E-state index in [1.807, 2.05) is 30.3 Å². The second-order valence-electron chi connectivity index (χ2n) is 4.96. The van der Waals surface area contributed by atoms with Gasteiger partial charge in [-0.2, -0.15) is 0 Å². The molecule has 0 aliphatic carbocycles. The molecule has 1 heterocycles. The van der Waals surface area contributed by atoms with Crippen molar-refractivity contribution in [2.45, 2.75) is 12.0 Å². The molecule has 1 aromatic carbocycles. The Morgan fingerprint density at radius 1 is 1.37 bits per heavy atom. The van der Waals surface area contributed by atoms with Gasteiger partial charge in [0.2, 0.25) is 5.91 Å². The molecule has 0 N–H and O–H groups in total.